The Labute approximate surface area is 167 Å². The molecule has 3 nitrogen and oxygen atoms in total. The van der Waals surface area contributed by atoms with Crippen LogP contribution >= 0.6 is 0 Å². The van der Waals surface area contributed by atoms with Crippen molar-refractivity contribution in [2.45, 2.75) is 58.9 Å². The van der Waals surface area contributed by atoms with Crippen LogP contribution in [-0.4, -0.2) is 12.1 Å². The topological polar surface area (TPSA) is 52.3 Å². The highest BCUT2D eigenvalue weighted by Gasteiger charge is 2.37. The molecule has 29 heavy (non-hydrogen) atoms. The van der Waals surface area contributed by atoms with Gasteiger partial charge in [-0.2, -0.15) is 13.2 Å². The van der Waals surface area contributed by atoms with E-state index in [0.717, 1.165) is 17.2 Å². The Balaban J connectivity index is 2.56. The summed E-state index contributed by atoms with van der Waals surface area (Å²) in [4.78, 5) is 12.0. The van der Waals surface area contributed by atoms with E-state index >= 15 is 0 Å². The van der Waals surface area contributed by atoms with Crippen LogP contribution in [-0.2, 0) is 15.7 Å². The van der Waals surface area contributed by atoms with Gasteiger partial charge in [-0.25, -0.2) is 4.39 Å². The van der Waals surface area contributed by atoms with Crippen molar-refractivity contribution in [1.82, 2.24) is 0 Å². The molecule has 0 heterocycles. The zero-order valence-corrected chi connectivity index (χ0v) is 16.9. The molecule has 158 valence electrons. The van der Waals surface area contributed by atoms with Gasteiger partial charge in [-0.05, 0) is 61.6 Å². The molecule has 0 radical (unpaired) electrons. The number of rotatable bonds is 6. The summed E-state index contributed by atoms with van der Waals surface area (Å²) >= 11 is 0. The third-order valence-corrected chi connectivity index (χ3v) is 4.87. The van der Waals surface area contributed by atoms with Crippen LogP contribution in [0.3, 0.4) is 0 Å². The second kappa shape index (κ2) is 8.95. The standard InChI is InChI=1S/C22H25F4NO2/c1-5-14(4)29-19(28)11-18(27)16-9-15(10-17(21(16)23)22(24,25)26)20-12(2)7-6-8-13(20)3/h6-10,14,18H,5,11,27H2,1-4H3/t14-,18?/m0/s1. The third-order valence-electron chi connectivity index (χ3n) is 4.87. The first kappa shape index (κ1) is 22.9. The molecule has 0 aliphatic heterocycles. The Morgan fingerprint density at radius 2 is 1.76 bits per heavy atom. The molecule has 2 aromatic carbocycles. The predicted octanol–water partition coefficient (Wildman–Crippen LogP) is 5.86. The lowest BCUT2D eigenvalue weighted by Gasteiger charge is -2.20. The average molecular weight is 411 g/mol. The van der Waals surface area contributed by atoms with Crippen LogP contribution in [0.4, 0.5) is 17.6 Å². The maximum atomic E-state index is 14.7. The number of esters is 1. The van der Waals surface area contributed by atoms with Gasteiger partial charge >= 0.3 is 12.1 Å². The fraction of sp³-hybridized carbons (Fsp3) is 0.409. The van der Waals surface area contributed by atoms with E-state index in [0.29, 0.717) is 12.0 Å². The largest absolute Gasteiger partial charge is 0.463 e. The van der Waals surface area contributed by atoms with Crippen molar-refractivity contribution in [1.29, 1.82) is 0 Å². The van der Waals surface area contributed by atoms with Crippen molar-refractivity contribution < 1.29 is 27.1 Å². The second-order valence-corrected chi connectivity index (χ2v) is 7.21. The minimum Gasteiger partial charge on any atom is -0.463 e. The summed E-state index contributed by atoms with van der Waals surface area (Å²) in [7, 11) is 0. The van der Waals surface area contributed by atoms with E-state index in [4.69, 9.17) is 10.5 Å². The van der Waals surface area contributed by atoms with Gasteiger partial charge in [0.05, 0.1) is 18.1 Å². The molecular weight excluding hydrogens is 386 g/mol. The lowest BCUT2D eigenvalue weighted by molar-refractivity contribution is -0.148. The summed E-state index contributed by atoms with van der Waals surface area (Å²) in [6.07, 6.45) is -5.10. The quantitative estimate of drug-likeness (QED) is 0.478. The minimum atomic E-state index is -4.90. The Hall–Kier alpha value is -2.41. The molecule has 0 saturated heterocycles. The number of hydrogen-bond donors (Lipinski definition) is 1. The molecule has 1 unspecified atom stereocenters. The number of carbonyl (C=O) groups is 1. The Bertz CT molecular complexity index is 873. The van der Waals surface area contributed by atoms with E-state index in [2.05, 4.69) is 0 Å². The zero-order chi connectivity index (χ0) is 21.9. The first-order valence-electron chi connectivity index (χ1n) is 9.38. The van der Waals surface area contributed by atoms with Crippen LogP contribution in [0.5, 0.6) is 0 Å². The Kier molecular flexibility index (Phi) is 7.06. The first-order chi connectivity index (χ1) is 13.5. The number of alkyl halides is 3. The van der Waals surface area contributed by atoms with E-state index in [1.54, 1.807) is 39.0 Å². The molecular formula is C22H25F4NO2. The second-order valence-electron chi connectivity index (χ2n) is 7.21. The molecule has 0 aromatic heterocycles. The molecule has 7 heteroatoms. The van der Waals surface area contributed by atoms with Gasteiger partial charge in [0.2, 0.25) is 0 Å². The summed E-state index contributed by atoms with van der Waals surface area (Å²) in [6, 6.07) is 6.14. The number of halogens is 4. The van der Waals surface area contributed by atoms with Gasteiger partial charge in [-0.3, -0.25) is 4.79 Å². The van der Waals surface area contributed by atoms with Crippen LogP contribution in [0.25, 0.3) is 11.1 Å². The minimum absolute atomic E-state index is 0.204. The number of aryl methyl sites for hydroxylation is 2. The molecule has 2 aromatic rings. The van der Waals surface area contributed by atoms with Gasteiger partial charge in [0.25, 0.3) is 0 Å². The lowest BCUT2D eigenvalue weighted by Crippen LogP contribution is -2.22. The molecule has 0 aliphatic rings. The molecule has 0 aliphatic carbocycles. The first-order valence-corrected chi connectivity index (χ1v) is 9.38. The molecule has 0 saturated carbocycles. The summed E-state index contributed by atoms with van der Waals surface area (Å²) in [5.74, 6) is -2.14. The number of carbonyl (C=O) groups excluding carboxylic acids is 1. The molecule has 2 atom stereocenters. The van der Waals surface area contributed by atoms with E-state index in [9.17, 15) is 22.4 Å². The summed E-state index contributed by atoms with van der Waals surface area (Å²) < 4.78 is 60.4. The highest BCUT2D eigenvalue weighted by molar-refractivity contribution is 5.74. The van der Waals surface area contributed by atoms with E-state index in [1.165, 1.54) is 6.07 Å². The maximum Gasteiger partial charge on any atom is 0.419 e. The van der Waals surface area contributed by atoms with Gasteiger partial charge in [-0.1, -0.05) is 25.1 Å². The van der Waals surface area contributed by atoms with Crippen LogP contribution in [0.15, 0.2) is 30.3 Å². The Morgan fingerprint density at radius 3 is 2.28 bits per heavy atom. The van der Waals surface area contributed by atoms with E-state index in [1.807, 2.05) is 6.92 Å². The summed E-state index contributed by atoms with van der Waals surface area (Å²) in [5, 5.41) is 0. The monoisotopic (exact) mass is 411 g/mol. The predicted molar refractivity (Wildman–Crippen MR) is 104 cm³/mol. The Morgan fingerprint density at radius 1 is 1.17 bits per heavy atom. The van der Waals surface area contributed by atoms with Crippen molar-refractivity contribution in [3.8, 4) is 11.1 Å². The average Bonchev–Trinajstić information content (AvgIpc) is 2.61. The van der Waals surface area contributed by atoms with Crippen molar-refractivity contribution in [2.24, 2.45) is 5.73 Å². The number of nitrogens with two attached hydrogens (primary N) is 1. The molecule has 0 amide bonds. The van der Waals surface area contributed by atoms with Crippen molar-refractivity contribution in [3.63, 3.8) is 0 Å². The maximum absolute atomic E-state index is 14.7. The number of ether oxygens (including phenoxy) is 1. The van der Waals surface area contributed by atoms with Crippen LogP contribution in [0, 0.1) is 19.7 Å². The van der Waals surface area contributed by atoms with Crippen molar-refractivity contribution in [2.75, 3.05) is 0 Å². The fourth-order valence-electron chi connectivity index (χ4n) is 3.18. The highest BCUT2D eigenvalue weighted by Crippen LogP contribution is 2.39. The summed E-state index contributed by atoms with van der Waals surface area (Å²) in [6.45, 7) is 7.04. The summed E-state index contributed by atoms with van der Waals surface area (Å²) in [5.41, 5.74) is 6.46. The number of benzene rings is 2. The lowest BCUT2D eigenvalue weighted by atomic mass is 9.90. The molecule has 2 N–H and O–H groups in total. The van der Waals surface area contributed by atoms with Gasteiger partial charge in [0.15, 0.2) is 0 Å². The molecule has 2 rings (SSSR count). The van der Waals surface area contributed by atoms with Crippen LogP contribution in [0.1, 0.15) is 55.0 Å². The van der Waals surface area contributed by atoms with Crippen molar-refractivity contribution in [3.05, 3.63) is 58.4 Å². The molecule has 0 bridgehead atoms. The van der Waals surface area contributed by atoms with Gasteiger partial charge in [-0.15, -0.1) is 0 Å². The van der Waals surface area contributed by atoms with Crippen molar-refractivity contribution >= 4 is 5.97 Å². The molecule has 0 fully saturated rings. The number of hydrogen-bond acceptors (Lipinski definition) is 3. The van der Waals surface area contributed by atoms with Gasteiger partial charge < -0.3 is 10.5 Å². The smallest absolute Gasteiger partial charge is 0.419 e. The highest BCUT2D eigenvalue weighted by atomic mass is 19.4. The SMILES string of the molecule is CC[C@H](C)OC(=O)CC(N)c1cc(-c2c(C)cccc2C)cc(C(F)(F)F)c1F. The van der Waals surface area contributed by atoms with E-state index in [-0.39, 0.29) is 17.2 Å². The van der Waals surface area contributed by atoms with Gasteiger partial charge in [0.1, 0.15) is 5.82 Å². The van der Waals surface area contributed by atoms with Gasteiger partial charge in [0, 0.05) is 11.6 Å². The zero-order valence-electron chi connectivity index (χ0n) is 16.9. The fourth-order valence-corrected chi connectivity index (χ4v) is 3.18. The van der Waals surface area contributed by atoms with E-state index < -0.39 is 36.0 Å². The van der Waals surface area contributed by atoms with Crippen LogP contribution in [0.2, 0.25) is 0 Å². The van der Waals surface area contributed by atoms with Crippen LogP contribution < -0.4 is 5.73 Å². The normalized spacial score (nSPS) is 13.8. The third kappa shape index (κ3) is 5.35. The molecule has 0 spiro atoms.